The molecule has 1 aromatic carbocycles. The molecule has 29 heavy (non-hydrogen) atoms. The lowest BCUT2D eigenvalue weighted by molar-refractivity contribution is 0.102. The summed E-state index contributed by atoms with van der Waals surface area (Å²) in [5.74, 6) is -0.516. The van der Waals surface area contributed by atoms with Crippen LogP contribution in [-0.2, 0) is 0 Å². The first-order valence-electron chi connectivity index (χ1n) is 9.69. The number of pyridine rings is 1. The summed E-state index contributed by atoms with van der Waals surface area (Å²) in [6.07, 6.45) is 5.97. The summed E-state index contributed by atoms with van der Waals surface area (Å²) in [5.41, 5.74) is 2.78. The molecule has 0 radical (unpaired) electrons. The summed E-state index contributed by atoms with van der Waals surface area (Å²) in [7, 11) is 1.49. The summed E-state index contributed by atoms with van der Waals surface area (Å²) in [4.78, 5) is 19.4. The Kier molecular flexibility index (Phi) is 4.16. The molecule has 2 fully saturated rings. The Bertz CT molecular complexity index is 1110. The highest BCUT2D eigenvalue weighted by molar-refractivity contribution is 6.06. The Hall–Kier alpha value is -3.13. The molecule has 2 unspecified atom stereocenters. The van der Waals surface area contributed by atoms with Crippen LogP contribution in [0.3, 0.4) is 0 Å². The average Bonchev–Trinajstić information content (AvgIpc) is 3.42. The zero-order valence-electron chi connectivity index (χ0n) is 16.3. The van der Waals surface area contributed by atoms with Crippen LogP contribution in [-0.4, -0.2) is 41.2 Å². The highest BCUT2D eigenvalue weighted by Gasteiger charge is 2.37. The molecule has 0 aliphatic carbocycles. The van der Waals surface area contributed by atoms with Gasteiger partial charge in [0.25, 0.3) is 5.91 Å². The fourth-order valence-electron chi connectivity index (χ4n) is 4.29. The SMILES string of the molecule is COc1cc2nc(C)cn2cc1C(=O)Nc1ccc(N2CC3CCC2N3)cc1F. The third kappa shape index (κ3) is 3.09. The van der Waals surface area contributed by atoms with Gasteiger partial charge in [-0.1, -0.05) is 0 Å². The maximum atomic E-state index is 14.8. The number of fused-ring (bicyclic) bond motifs is 3. The molecular formula is C21H22FN5O2. The minimum atomic E-state index is -0.461. The number of halogens is 1. The molecule has 1 amide bonds. The van der Waals surface area contributed by atoms with Crippen LogP contribution < -0.4 is 20.3 Å². The number of benzene rings is 1. The molecule has 2 aliphatic rings. The van der Waals surface area contributed by atoms with Gasteiger partial charge in [-0.15, -0.1) is 0 Å². The van der Waals surface area contributed by atoms with Crippen LogP contribution >= 0.6 is 0 Å². The highest BCUT2D eigenvalue weighted by Crippen LogP contribution is 2.32. The molecule has 2 atom stereocenters. The average molecular weight is 395 g/mol. The van der Waals surface area contributed by atoms with Crippen molar-refractivity contribution in [3.05, 3.63) is 53.7 Å². The van der Waals surface area contributed by atoms with Crippen molar-refractivity contribution < 1.29 is 13.9 Å². The minimum absolute atomic E-state index is 0.139. The van der Waals surface area contributed by atoms with Gasteiger partial charge in [-0.3, -0.25) is 10.1 Å². The third-order valence-electron chi connectivity index (χ3n) is 5.68. The quantitative estimate of drug-likeness (QED) is 0.711. The van der Waals surface area contributed by atoms with Crippen LogP contribution in [0.15, 0.2) is 36.7 Å². The van der Waals surface area contributed by atoms with Gasteiger partial charge in [0.15, 0.2) is 0 Å². The normalized spacial score (nSPS) is 20.4. The molecule has 150 valence electrons. The number of rotatable bonds is 4. The largest absolute Gasteiger partial charge is 0.496 e. The van der Waals surface area contributed by atoms with Crippen LogP contribution in [0.5, 0.6) is 5.75 Å². The van der Waals surface area contributed by atoms with E-state index in [1.54, 1.807) is 22.7 Å². The molecule has 2 saturated heterocycles. The lowest BCUT2D eigenvalue weighted by Crippen LogP contribution is -2.34. The Labute approximate surface area is 167 Å². The van der Waals surface area contributed by atoms with Crippen molar-refractivity contribution in [3.8, 4) is 5.75 Å². The number of anilines is 2. The van der Waals surface area contributed by atoms with Crippen molar-refractivity contribution in [1.29, 1.82) is 0 Å². The van der Waals surface area contributed by atoms with E-state index in [9.17, 15) is 9.18 Å². The maximum absolute atomic E-state index is 14.8. The second-order valence-corrected chi connectivity index (χ2v) is 7.63. The lowest BCUT2D eigenvalue weighted by atomic mass is 10.1. The van der Waals surface area contributed by atoms with Crippen molar-refractivity contribution in [3.63, 3.8) is 0 Å². The molecule has 2 aliphatic heterocycles. The van der Waals surface area contributed by atoms with Gasteiger partial charge >= 0.3 is 0 Å². The fraction of sp³-hybridized carbons (Fsp3) is 0.333. The predicted molar refractivity (Wildman–Crippen MR) is 108 cm³/mol. The number of imidazole rings is 1. The number of hydrogen-bond acceptors (Lipinski definition) is 5. The maximum Gasteiger partial charge on any atom is 0.261 e. The smallest absolute Gasteiger partial charge is 0.261 e. The Balaban J connectivity index is 1.40. The molecule has 2 bridgehead atoms. The van der Waals surface area contributed by atoms with E-state index in [1.165, 1.54) is 19.6 Å². The molecule has 3 aromatic rings. The number of aromatic nitrogens is 2. The van der Waals surface area contributed by atoms with Gasteiger partial charge in [-0.2, -0.15) is 0 Å². The van der Waals surface area contributed by atoms with Crippen molar-refractivity contribution >= 4 is 22.9 Å². The van der Waals surface area contributed by atoms with Crippen LogP contribution in [0, 0.1) is 12.7 Å². The van der Waals surface area contributed by atoms with E-state index in [2.05, 4.69) is 20.5 Å². The number of aryl methyl sites for hydroxylation is 1. The van der Waals surface area contributed by atoms with Gasteiger partial charge in [-0.05, 0) is 38.0 Å². The molecule has 0 saturated carbocycles. The Morgan fingerprint density at radius 2 is 2.17 bits per heavy atom. The van der Waals surface area contributed by atoms with Gasteiger partial charge in [0.1, 0.15) is 17.2 Å². The summed E-state index contributed by atoms with van der Waals surface area (Å²) in [5, 5.41) is 6.17. The Morgan fingerprint density at radius 1 is 1.31 bits per heavy atom. The number of carbonyl (C=O) groups is 1. The first-order chi connectivity index (χ1) is 14.0. The second kappa shape index (κ2) is 6.73. The van der Waals surface area contributed by atoms with Crippen LogP contribution in [0.25, 0.3) is 5.65 Å². The molecule has 4 heterocycles. The number of piperidine rings is 1. The summed E-state index contributed by atoms with van der Waals surface area (Å²) >= 11 is 0. The molecule has 0 spiro atoms. The molecule has 8 heteroatoms. The number of methoxy groups -OCH3 is 1. The molecule has 2 N–H and O–H groups in total. The van der Waals surface area contributed by atoms with Gasteiger partial charge in [0, 0.05) is 36.7 Å². The number of carbonyl (C=O) groups excluding carboxylic acids is 1. The molecule has 2 aromatic heterocycles. The fourth-order valence-corrected chi connectivity index (χ4v) is 4.29. The van der Waals surface area contributed by atoms with E-state index in [1.807, 2.05) is 19.2 Å². The highest BCUT2D eigenvalue weighted by atomic mass is 19.1. The first kappa shape index (κ1) is 17.9. The number of nitrogens with zero attached hydrogens (tertiary/aromatic N) is 3. The minimum Gasteiger partial charge on any atom is -0.496 e. The number of ether oxygens (including phenoxy) is 1. The van der Waals surface area contributed by atoms with Crippen LogP contribution in [0.2, 0.25) is 0 Å². The second-order valence-electron chi connectivity index (χ2n) is 7.63. The van der Waals surface area contributed by atoms with Gasteiger partial charge < -0.3 is 19.4 Å². The van der Waals surface area contributed by atoms with E-state index < -0.39 is 11.7 Å². The summed E-state index contributed by atoms with van der Waals surface area (Å²) in [6.45, 7) is 2.76. The number of amides is 1. The van der Waals surface area contributed by atoms with E-state index in [0.717, 1.165) is 24.3 Å². The molecular weight excluding hydrogens is 373 g/mol. The molecule has 7 nitrogen and oxygen atoms in total. The van der Waals surface area contributed by atoms with Gasteiger partial charge in [0.2, 0.25) is 0 Å². The molecule has 5 rings (SSSR count). The Morgan fingerprint density at radius 3 is 2.86 bits per heavy atom. The first-order valence-corrected chi connectivity index (χ1v) is 9.69. The van der Waals surface area contributed by atoms with Gasteiger partial charge in [-0.25, -0.2) is 9.37 Å². The topological polar surface area (TPSA) is 70.9 Å². The van der Waals surface area contributed by atoms with E-state index in [-0.39, 0.29) is 11.9 Å². The zero-order valence-corrected chi connectivity index (χ0v) is 16.3. The monoisotopic (exact) mass is 395 g/mol. The van der Waals surface area contributed by atoms with E-state index in [4.69, 9.17) is 4.74 Å². The zero-order chi connectivity index (χ0) is 20.1. The van der Waals surface area contributed by atoms with Crippen molar-refractivity contribution in [2.75, 3.05) is 23.9 Å². The van der Waals surface area contributed by atoms with Gasteiger partial charge in [0.05, 0.1) is 30.2 Å². The van der Waals surface area contributed by atoms with Crippen LogP contribution in [0.1, 0.15) is 28.9 Å². The van der Waals surface area contributed by atoms with Crippen molar-refractivity contribution in [2.24, 2.45) is 0 Å². The lowest BCUT2D eigenvalue weighted by Gasteiger charge is -2.27. The summed E-state index contributed by atoms with van der Waals surface area (Å²) in [6, 6.07) is 7.12. The number of nitrogens with one attached hydrogen (secondary N) is 2. The van der Waals surface area contributed by atoms with Crippen LogP contribution in [0.4, 0.5) is 15.8 Å². The number of hydrogen-bond donors (Lipinski definition) is 2. The third-order valence-corrected chi connectivity index (χ3v) is 5.68. The summed E-state index contributed by atoms with van der Waals surface area (Å²) < 4.78 is 21.8. The van der Waals surface area contributed by atoms with Crippen molar-refractivity contribution in [2.45, 2.75) is 32.0 Å². The van der Waals surface area contributed by atoms with E-state index >= 15 is 0 Å². The van der Waals surface area contributed by atoms with Crippen molar-refractivity contribution in [1.82, 2.24) is 14.7 Å². The standard InChI is InChI=1S/C21H22FN5O2/c1-12-9-26-11-15(18(29-2)8-20(26)23-12)21(28)25-17-5-4-14(7-16(17)22)27-10-13-3-6-19(27)24-13/h4-5,7-9,11,13,19,24H,3,6,10H2,1-2H3,(H,25,28). The van der Waals surface area contributed by atoms with E-state index in [0.29, 0.717) is 23.0 Å². The predicted octanol–water partition coefficient (Wildman–Crippen LogP) is 2.94.